The molecule has 0 saturated heterocycles. The average molecular weight is 306 g/mol. The fourth-order valence-corrected chi connectivity index (χ4v) is 3.49. The zero-order valence-electron chi connectivity index (χ0n) is 11.1. The highest BCUT2D eigenvalue weighted by Crippen LogP contribution is 2.44. The molecule has 5 heteroatoms. The Balaban J connectivity index is 1.62. The molecule has 0 atom stereocenters. The molecule has 2 aromatic rings. The minimum atomic E-state index is 0.670. The topological polar surface area (TPSA) is 37.8 Å². The number of hydrogen-bond donors (Lipinski definition) is 1. The van der Waals surface area contributed by atoms with Crippen molar-refractivity contribution in [2.45, 2.75) is 44.2 Å². The van der Waals surface area contributed by atoms with Crippen LogP contribution in [0, 0.1) is 0 Å². The molecular formula is C15H16ClN3S. The predicted molar refractivity (Wildman–Crippen MR) is 82.2 cm³/mol. The lowest BCUT2D eigenvalue weighted by molar-refractivity contribution is 0.688. The van der Waals surface area contributed by atoms with Crippen LogP contribution in [-0.2, 0) is 6.54 Å². The minimum Gasteiger partial charge on any atom is -0.309 e. The van der Waals surface area contributed by atoms with Gasteiger partial charge < -0.3 is 5.32 Å². The first kappa shape index (κ1) is 12.7. The number of nitrogens with one attached hydrogen (secondary N) is 1. The largest absolute Gasteiger partial charge is 0.309 e. The number of halogens is 1. The Morgan fingerprint density at radius 2 is 2.10 bits per heavy atom. The highest BCUT2D eigenvalue weighted by molar-refractivity contribution is 7.15. The summed E-state index contributed by atoms with van der Waals surface area (Å²) in [4.78, 5) is 10.6. The summed E-state index contributed by atoms with van der Waals surface area (Å²) in [7, 11) is 0. The monoisotopic (exact) mass is 305 g/mol. The number of thiazole rings is 1. The molecule has 0 spiro atoms. The first-order valence-corrected chi connectivity index (χ1v) is 8.34. The van der Waals surface area contributed by atoms with Crippen molar-refractivity contribution >= 4 is 22.9 Å². The number of aromatic nitrogens is 2. The third kappa shape index (κ3) is 2.73. The maximum atomic E-state index is 5.90. The van der Waals surface area contributed by atoms with Crippen molar-refractivity contribution in [2.75, 3.05) is 0 Å². The molecule has 3 nitrogen and oxygen atoms in total. The maximum absolute atomic E-state index is 5.90. The standard InChI is InChI=1S/C15H16ClN3S/c16-10-3-6-12(18-7-10)15-19-14(9-1-2-9)13(20-15)8-17-11-4-5-11/h3,6-7,9,11,17H,1-2,4-5,8H2. The van der Waals surface area contributed by atoms with Crippen molar-refractivity contribution in [1.29, 1.82) is 0 Å². The van der Waals surface area contributed by atoms with Crippen LogP contribution in [0.5, 0.6) is 0 Å². The Morgan fingerprint density at radius 1 is 1.25 bits per heavy atom. The molecule has 0 amide bonds. The summed E-state index contributed by atoms with van der Waals surface area (Å²) >= 11 is 7.68. The van der Waals surface area contributed by atoms with E-state index < -0.39 is 0 Å². The third-order valence-corrected chi connectivity index (χ3v) is 5.08. The molecule has 0 aliphatic heterocycles. The molecule has 2 saturated carbocycles. The SMILES string of the molecule is Clc1ccc(-c2nc(C3CC3)c(CNC3CC3)s2)nc1. The highest BCUT2D eigenvalue weighted by atomic mass is 35.5. The number of pyridine rings is 1. The van der Waals surface area contributed by atoms with Gasteiger partial charge in [-0.05, 0) is 37.8 Å². The lowest BCUT2D eigenvalue weighted by Gasteiger charge is -2.01. The summed E-state index contributed by atoms with van der Waals surface area (Å²) in [5.41, 5.74) is 2.23. The summed E-state index contributed by atoms with van der Waals surface area (Å²) in [5, 5.41) is 5.29. The average Bonchev–Trinajstić information content (AvgIpc) is 3.37. The molecule has 0 unspecified atom stereocenters. The molecule has 20 heavy (non-hydrogen) atoms. The van der Waals surface area contributed by atoms with Crippen LogP contribution in [0.25, 0.3) is 10.7 Å². The van der Waals surface area contributed by atoms with Gasteiger partial charge in [0.05, 0.1) is 16.4 Å². The molecule has 2 aliphatic rings. The van der Waals surface area contributed by atoms with Crippen LogP contribution < -0.4 is 5.32 Å². The van der Waals surface area contributed by atoms with Crippen molar-refractivity contribution < 1.29 is 0 Å². The van der Waals surface area contributed by atoms with E-state index in [-0.39, 0.29) is 0 Å². The Morgan fingerprint density at radius 3 is 2.75 bits per heavy atom. The number of rotatable bonds is 5. The first-order chi connectivity index (χ1) is 9.79. The molecule has 2 aromatic heterocycles. The lowest BCUT2D eigenvalue weighted by Crippen LogP contribution is -2.15. The van der Waals surface area contributed by atoms with Gasteiger partial charge in [0.2, 0.25) is 0 Å². The quantitative estimate of drug-likeness (QED) is 0.907. The van der Waals surface area contributed by atoms with E-state index >= 15 is 0 Å². The smallest absolute Gasteiger partial charge is 0.142 e. The number of nitrogens with zero attached hydrogens (tertiary/aromatic N) is 2. The molecule has 2 aliphatic carbocycles. The van der Waals surface area contributed by atoms with Crippen molar-refractivity contribution in [1.82, 2.24) is 15.3 Å². The van der Waals surface area contributed by atoms with Gasteiger partial charge in [-0.2, -0.15) is 0 Å². The van der Waals surface area contributed by atoms with Gasteiger partial charge >= 0.3 is 0 Å². The highest BCUT2D eigenvalue weighted by Gasteiger charge is 2.30. The summed E-state index contributed by atoms with van der Waals surface area (Å²) in [6.07, 6.45) is 6.91. The molecule has 2 fully saturated rings. The van der Waals surface area contributed by atoms with Gasteiger partial charge in [-0.15, -0.1) is 11.3 Å². The van der Waals surface area contributed by atoms with Crippen LogP contribution in [0.3, 0.4) is 0 Å². The van der Waals surface area contributed by atoms with E-state index in [2.05, 4.69) is 10.3 Å². The van der Waals surface area contributed by atoms with Crippen molar-refractivity contribution in [3.8, 4) is 10.7 Å². The second kappa shape index (κ2) is 5.10. The normalized spacial score (nSPS) is 18.4. The van der Waals surface area contributed by atoms with Crippen molar-refractivity contribution in [2.24, 2.45) is 0 Å². The van der Waals surface area contributed by atoms with Gasteiger partial charge in [0.25, 0.3) is 0 Å². The van der Waals surface area contributed by atoms with E-state index in [1.807, 2.05) is 12.1 Å². The predicted octanol–water partition coefficient (Wildman–Crippen LogP) is 3.99. The van der Waals surface area contributed by atoms with Crippen molar-refractivity contribution in [3.63, 3.8) is 0 Å². The van der Waals surface area contributed by atoms with Gasteiger partial charge in [-0.25, -0.2) is 4.98 Å². The van der Waals surface area contributed by atoms with E-state index in [0.717, 1.165) is 23.3 Å². The van der Waals surface area contributed by atoms with E-state index in [0.29, 0.717) is 10.9 Å². The maximum Gasteiger partial charge on any atom is 0.142 e. The molecule has 0 radical (unpaired) electrons. The van der Waals surface area contributed by atoms with E-state index in [1.165, 1.54) is 36.3 Å². The Kier molecular flexibility index (Phi) is 3.25. The Labute approximate surface area is 127 Å². The minimum absolute atomic E-state index is 0.670. The van der Waals surface area contributed by atoms with E-state index in [1.54, 1.807) is 17.5 Å². The van der Waals surface area contributed by atoms with Gasteiger partial charge in [0.1, 0.15) is 5.01 Å². The van der Waals surface area contributed by atoms with Crippen LogP contribution in [-0.4, -0.2) is 16.0 Å². The second-order valence-corrected chi connectivity index (χ2v) is 7.14. The number of hydrogen-bond acceptors (Lipinski definition) is 4. The Bertz CT molecular complexity index is 615. The third-order valence-electron chi connectivity index (χ3n) is 3.77. The molecule has 1 N–H and O–H groups in total. The fourth-order valence-electron chi connectivity index (χ4n) is 2.30. The molecular weight excluding hydrogens is 290 g/mol. The summed E-state index contributed by atoms with van der Waals surface area (Å²) in [6.45, 7) is 0.960. The van der Waals surface area contributed by atoms with Gasteiger partial charge in [0, 0.05) is 29.6 Å². The van der Waals surface area contributed by atoms with Gasteiger partial charge in [0.15, 0.2) is 0 Å². The lowest BCUT2D eigenvalue weighted by atomic mass is 10.2. The van der Waals surface area contributed by atoms with Crippen molar-refractivity contribution in [3.05, 3.63) is 33.9 Å². The molecule has 4 rings (SSSR count). The van der Waals surface area contributed by atoms with Crippen LogP contribution in [0.4, 0.5) is 0 Å². The zero-order valence-corrected chi connectivity index (χ0v) is 12.7. The van der Waals surface area contributed by atoms with E-state index in [4.69, 9.17) is 16.6 Å². The van der Waals surface area contributed by atoms with Gasteiger partial charge in [-0.3, -0.25) is 4.98 Å². The van der Waals surface area contributed by atoms with Crippen LogP contribution in [0.2, 0.25) is 5.02 Å². The van der Waals surface area contributed by atoms with Gasteiger partial charge in [-0.1, -0.05) is 11.6 Å². The van der Waals surface area contributed by atoms with E-state index in [9.17, 15) is 0 Å². The first-order valence-electron chi connectivity index (χ1n) is 7.14. The Hall–Kier alpha value is -0.970. The zero-order chi connectivity index (χ0) is 13.5. The summed E-state index contributed by atoms with van der Waals surface area (Å²) < 4.78 is 0. The fraction of sp³-hybridized carbons (Fsp3) is 0.467. The molecule has 0 bridgehead atoms. The second-order valence-electron chi connectivity index (χ2n) is 5.62. The summed E-state index contributed by atoms with van der Waals surface area (Å²) in [6, 6.07) is 4.57. The van der Waals surface area contributed by atoms with Crippen LogP contribution in [0.1, 0.15) is 42.2 Å². The molecule has 2 heterocycles. The van der Waals surface area contributed by atoms with Crippen LogP contribution in [0.15, 0.2) is 18.3 Å². The summed E-state index contributed by atoms with van der Waals surface area (Å²) in [5.74, 6) is 0.684. The molecule has 104 valence electrons. The molecule has 0 aromatic carbocycles. The van der Waals surface area contributed by atoms with Crippen LogP contribution >= 0.6 is 22.9 Å².